The number of nitrogens with one attached hydrogen (secondary N) is 1. The van der Waals surface area contributed by atoms with Crippen LogP contribution in [0.2, 0.25) is 0 Å². The minimum absolute atomic E-state index is 0.0447. The van der Waals surface area contributed by atoms with Crippen LogP contribution in [-0.2, 0) is 18.1 Å². The lowest BCUT2D eigenvalue weighted by atomic mass is 9.91. The maximum Gasteiger partial charge on any atom is 0.433 e. The molecule has 194 valence electrons. The van der Waals surface area contributed by atoms with Crippen molar-refractivity contribution < 1.29 is 18.0 Å². The van der Waals surface area contributed by atoms with Crippen molar-refractivity contribution in [2.75, 3.05) is 0 Å². The van der Waals surface area contributed by atoms with Crippen LogP contribution in [-0.4, -0.2) is 30.3 Å². The lowest BCUT2D eigenvalue weighted by molar-refractivity contribution is -0.142. The fraction of sp³-hybridized carbons (Fsp3) is 0.214. The van der Waals surface area contributed by atoms with E-state index in [1.165, 1.54) is 6.07 Å². The maximum absolute atomic E-state index is 13.8. The molecule has 3 aromatic heterocycles. The predicted octanol–water partition coefficient (Wildman–Crippen LogP) is 5.83. The van der Waals surface area contributed by atoms with Gasteiger partial charge in [0.05, 0.1) is 17.1 Å². The molecule has 0 fully saturated rings. The highest BCUT2D eigenvalue weighted by atomic mass is 19.4. The lowest BCUT2D eigenvalue weighted by Gasteiger charge is -2.19. The number of hydrogen-bond acceptors (Lipinski definition) is 4. The van der Waals surface area contributed by atoms with E-state index in [4.69, 9.17) is 5.10 Å². The fourth-order valence-corrected chi connectivity index (χ4v) is 4.03. The zero-order chi connectivity index (χ0) is 27.1. The second kappa shape index (κ2) is 9.44. The summed E-state index contributed by atoms with van der Waals surface area (Å²) in [6.45, 7) is 5.41. The Morgan fingerprint density at radius 2 is 1.58 bits per heavy atom. The van der Waals surface area contributed by atoms with Crippen molar-refractivity contribution in [2.24, 2.45) is 0 Å². The molecule has 0 unspecified atom stereocenters. The summed E-state index contributed by atoms with van der Waals surface area (Å²) in [5.41, 5.74) is 1.58. The van der Waals surface area contributed by atoms with Gasteiger partial charge in [-0.25, -0.2) is 14.2 Å². The topological polar surface area (TPSA) is 77.1 Å². The van der Waals surface area contributed by atoms with E-state index >= 15 is 0 Å². The molecule has 1 N–H and O–H groups in total. The van der Waals surface area contributed by atoms with Crippen molar-refractivity contribution in [3.63, 3.8) is 0 Å². The van der Waals surface area contributed by atoms with Crippen LogP contribution in [0.4, 0.5) is 13.2 Å². The Labute approximate surface area is 216 Å². The molecule has 1 amide bonds. The van der Waals surface area contributed by atoms with E-state index < -0.39 is 23.2 Å². The molecule has 38 heavy (non-hydrogen) atoms. The third-order valence-corrected chi connectivity index (χ3v) is 6.02. The predicted molar refractivity (Wildman–Crippen MR) is 137 cm³/mol. The van der Waals surface area contributed by atoms with Gasteiger partial charge in [0.1, 0.15) is 5.69 Å². The number of amides is 1. The van der Waals surface area contributed by atoms with Crippen molar-refractivity contribution in [1.29, 1.82) is 0 Å². The van der Waals surface area contributed by atoms with Gasteiger partial charge in [0, 0.05) is 35.3 Å². The molecule has 0 aliphatic heterocycles. The Morgan fingerprint density at radius 1 is 0.921 bits per heavy atom. The zero-order valence-corrected chi connectivity index (χ0v) is 21.0. The summed E-state index contributed by atoms with van der Waals surface area (Å²) in [4.78, 5) is 17.4. The van der Waals surface area contributed by atoms with E-state index in [-0.39, 0.29) is 23.6 Å². The first-order chi connectivity index (χ1) is 18.0. The van der Waals surface area contributed by atoms with E-state index in [9.17, 15) is 18.0 Å². The van der Waals surface area contributed by atoms with E-state index in [0.29, 0.717) is 10.2 Å². The summed E-state index contributed by atoms with van der Waals surface area (Å²) in [6.07, 6.45) is -2.85. The third kappa shape index (κ3) is 5.02. The van der Waals surface area contributed by atoms with Gasteiger partial charge in [0.15, 0.2) is 11.3 Å². The molecule has 10 heteroatoms. The Kier molecular flexibility index (Phi) is 6.26. The first-order valence-electron chi connectivity index (χ1n) is 12.0. The minimum Gasteiger partial charge on any atom is -0.346 e. The van der Waals surface area contributed by atoms with Crippen LogP contribution in [0.25, 0.3) is 22.6 Å². The Hall–Kier alpha value is -4.47. The Balaban J connectivity index is 1.47. The second-order valence-corrected chi connectivity index (χ2v) is 9.91. The maximum atomic E-state index is 13.8. The van der Waals surface area contributed by atoms with Crippen molar-refractivity contribution in [3.8, 4) is 16.9 Å². The van der Waals surface area contributed by atoms with Gasteiger partial charge in [-0.2, -0.15) is 23.4 Å². The molecule has 3 heterocycles. The highest BCUT2D eigenvalue weighted by Gasteiger charge is 2.36. The highest BCUT2D eigenvalue weighted by Crippen LogP contribution is 2.32. The van der Waals surface area contributed by atoms with Gasteiger partial charge >= 0.3 is 6.18 Å². The Morgan fingerprint density at radius 3 is 2.21 bits per heavy atom. The van der Waals surface area contributed by atoms with Crippen LogP contribution in [0.1, 0.15) is 48.2 Å². The molecule has 0 atom stereocenters. The van der Waals surface area contributed by atoms with E-state index in [1.54, 1.807) is 25.5 Å². The standard InChI is InChI=1S/C28H25F3N6O/c1-27(2,3)22-15-23(28(29,30)31)37-24(33-22)14-21(34-37)26(38)32-16-19-17-36(20-12-8-5-9-13-20)35-25(19)18-10-6-4-7-11-18/h4-15,17H,16H2,1-3H3,(H,32,38). The number of rotatable bonds is 5. The average molecular weight is 519 g/mol. The number of benzene rings is 2. The van der Waals surface area contributed by atoms with Gasteiger partial charge in [-0.05, 0) is 18.2 Å². The van der Waals surface area contributed by atoms with Gasteiger partial charge in [-0.15, -0.1) is 0 Å². The van der Waals surface area contributed by atoms with Gasteiger partial charge < -0.3 is 5.32 Å². The Bertz CT molecular complexity index is 1600. The van der Waals surface area contributed by atoms with Gasteiger partial charge in [0.25, 0.3) is 5.91 Å². The summed E-state index contributed by atoms with van der Waals surface area (Å²) in [7, 11) is 0. The van der Waals surface area contributed by atoms with E-state index in [2.05, 4.69) is 15.4 Å². The SMILES string of the molecule is CC(C)(C)c1cc(C(F)(F)F)n2nc(C(=O)NCc3cn(-c4ccccc4)nc3-c3ccccc3)cc2n1. The molecule has 0 saturated heterocycles. The normalized spacial score (nSPS) is 12.2. The first-order valence-corrected chi connectivity index (χ1v) is 12.0. The number of aromatic nitrogens is 5. The molecular weight excluding hydrogens is 493 g/mol. The molecule has 5 rings (SSSR count). The number of nitrogens with zero attached hydrogens (tertiary/aromatic N) is 5. The zero-order valence-electron chi connectivity index (χ0n) is 21.0. The molecule has 0 radical (unpaired) electrons. The van der Waals surface area contributed by atoms with Crippen LogP contribution in [0.15, 0.2) is 79.0 Å². The molecule has 0 bridgehead atoms. The molecule has 2 aromatic carbocycles. The van der Waals surface area contributed by atoms with Gasteiger partial charge in [0.2, 0.25) is 0 Å². The van der Waals surface area contributed by atoms with Crippen LogP contribution < -0.4 is 5.32 Å². The van der Waals surface area contributed by atoms with Gasteiger partial charge in [-0.1, -0.05) is 69.3 Å². The summed E-state index contributed by atoms with van der Waals surface area (Å²) in [6, 6.07) is 21.3. The molecule has 0 spiro atoms. The molecule has 0 saturated carbocycles. The van der Waals surface area contributed by atoms with Crippen molar-refractivity contribution >= 4 is 11.6 Å². The molecular formula is C28H25F3N6O. The third-order valence-electron chi connectivity index (χ3n) is 6.02. The van der Waals surface area contributed by atoms with Crippen molar-refractivity contribution in [1.82, 2.24) is 29.7 Å². The number of para-hydroxylation sites is 1. The van der Waals surface area contributed by atoms with Crippen molar-refractivity contribution in [2.45, 2.75) is 38.9 Å². The summed E-state index contributed by atoms with van der Waals surface area (Å²) in [5, 5.41) is 11.4. The smallest absolute Gasteiger partial charge is 0.346 e. The van der Waals surface area contributed by atoms with Crippen LogP contribution >= 0.6 is 0 Å². The quantitative estimate of drug-likeness (QED) is 0.318. The largest absolute Gasteiger partial charge is 0.433 e. The minimum atomic E-state index is -4.67. The van der Waals surface area contributed by atoms with Crippen molar-refractivity contribution in [3.05, 3.63) is 102 Å². The number of fused-ring (bicyclic) bond motifs is 1. The van der Waals surface area contributed by atoms with E-state index in [1.807, 2.05) is 66.9 Å². The molecule has 5 aromatic rings. The second-order valence-electron chi connectivity index (χ2n) is 9.91. The lowest BCUT2D eigenvalue weighted by Crippen LogP contribution is -2.24. The van der Waals surface area contributed by atoms with Gasteiger partial charge in [-0.3, -0.25) is 4.79 Å². The monoisotopic (exact) mass is 518 g/mol. The number of halogens is 3. The summed E-state index contributed by atoms with van der Waals surface area (Å²) in [5.74, 6) is -0.618. The number of hydrogen-bond donors (Lipinski definition) is 1. The van der Waals surface area contributed by atoms with Crippen LogP contribution in [0, 0.1) is 0 Å². The van der Waals surface area contributed by atoms with Crippen LogP contribution in [0.5, 0.6) is 0 Å². The number of alkyl halides is 3. The fourth-order valence-electron chi connectivity index (χ4n) is 4.03. The van der Waals surface area contributed by atoms with E-state index in [0.717, 1.165) is 22.9 Å². The average Bonchev–Trinajstić information content (AvgIpc) is 3.51. The summed E-state index contributed by atoms with van der Waals surface area (Å²) < 4.78 is 43.8. The highest BCUT2D eigenvalue weighted by molar-refractivity contribution is 5.93. The summed E-state index contributed by atoms with van der Waals surface area (Å²) >= 11 is 0. The molecule has 7 nitrogen and oxygen atoms in total. The molecule has 0 aliphatic rings. The number of carbonyl (C=O) groups is 1. The number of carbonyl (C=O) groups excluding carboxylic acids is 1. The first kappa shape index (κ1) is 25.2. The molecule has 0 aliphatic carbocycles. The van der Waals surface area contributed by atoms with Crippen LogP contribution in [0.3, 0.4) is 0 Å².